The molecule has 2 N–H and O–H groups in total. The highest BCUT2D eigenvalue weighted by molar-refractivity contribution is 5.32. The molecule has 1 aliphatic carbocycles. The van der Waals surface area contributed by atoms with E-state index < -0.39 is 23.9 Å². The minimum absolute atomic E-state index is 0.135. The van der Waals surface area contributed by atoms with Crippen LogP contribution in [0.2, 0.25) is 0 Å². The van der Waals surface area contributed by atoms with Gasteiger partial charge in [0.2, 0.25) is 0 Å². The summed E-state index contributed by atoms with van der Waals surface area (Å²) in [4.78, 5) is 0. The number of hydrogen-bond donors (Lipinski definition) is 2. The zero-order valence-corrected chi connectivity index (χ0v) is 12.2. The van der Waals surface area contributed by atoms with Gasteiger partial charge in [0.05, 0.1) is 11.7 Å². The Labute approximate surface area is 123 Å². The van der Waals surface area contributed by atoms with E-state index in [2.05, 4.69) is 5.32 Å². The summed E-state index contributed by atoms with van der Waals surface area (Å²) in [7, 11) is 0. The van der Waals surface area contributed by atoms with Crippen LogP contribution >= 0.6 is 0 Å². The van der Waals surface area contributed by atoms with E-state index in [0.29, 0.717) is 6.42 Å². The first-order valence-corrected chi connectivity index (χ1v) is 7.50. The molecule has 118 valence electrons. The highest BCUT2D eigenvalue weighted by Crippen LogP contribution is 2.34. The van der Waals surface area contributed by atoms with Crippen molar-refractivity contribution in [3.63, 3.8) is 0 Å². The van der Waals surface area contributed by atoms with E-state index in [1.807, 2.05) is 0 Å². The molecule has 2 nitrogen and oxygen atoms in total. The molecular weight excluding hydrogens is 279 g/mol. The van der Waals surface area contributed by atoms with Crippen molar-refractivity contribution in [1.82, 2.24) is 5.32 Å². The fraction of sp³-hybridized carbons (Fsp3) is 0.625. The first kappa shape index (κ1) is 16.3. The Morgan fingerprint density at radius 2 is 1.81 bits per heavy atom. The number of aliphatic hydroxyl groups is 1. The lowest BCUT2D eigenvalue weighted by atomic mass is 9.98. The van der Waals surface area contributed by atoms with Crippen LogP contribution < -0.4 is 5.32 Å². The Morgan fingerprint density at radius 3 is 2.52 bits per heavy atom. The lowest BCUT2D eigenvalue weighted by Crippen LogP contribution is -2.40. The van der Waals surface area contributed by atoms with Crippen LogP contribution in [-0.2, 0) is 6.18 Å². The summed E-state index contributed by atoms with van der Waals surface area (Å²) in [5.74, 6) is 0. The van der Waals surface area contributed by atoms with Gasteiger partial charge in [-0.25, -0.2) is 0 Å². The molecule has 2 rings (SSSR count). The first-order valence-electron chi connectivity index (χ1n) is 7.50. The molecule has 1 aliphatic rings. The minimum atomic E-state index is -4.35. The molecule has 0 radical (unpaired) electrons. The maximum absolute atomic E-state index is 13.1. The van der Waals surface area contributed by atoms with Gasteiger partial charge in [0, 0.05) is 12.1 Å². The molecule has 5 heteroatoms. The fourth-order valence-electron chi connectivity index (χ4n) is 3.03. The molecular formula is C16H22F3NO. The Bertz CT molecular complexity index is 461. The van der Waals surface area contributed by atoms with Gasteiger partial charge in [-0.2, -0.15) is 13.2 Å². The number of rotatable bonds is 3. The Morgan fingerprint density at radius 1 is 1.14 bits per heavy atom. The number of aliphatic hydroxyl groups excluding tert-OH is 1. The highest BCUT2D eigenvalue weighted by Gasteiger charge is 2.34. The van der Waals surface area contributed by atoms with E-state index >= 15 is 0 Å². The molecule has 0 bridgehead atoms. The van der Waals surface area contributed by atoms with E-state index in [4.69, 9.17) is 0 Å². The third-order valence-electron chi connectivity index (χ3n) is 4.18. The molecule has 0 heterocycles. The largest absolute Gasteiger partial charge is 0.416 e. The van der Waals surface area contributed by atoms with Crippen LogP contribution in [0.4, 0.5) is 13.2 Å². The minimum Gasteiger partial charge on any atom is -0.392 e. The normalized spacial score (nSPS) is 25.4. The number of nitrogens with one attached hydrogen (secondary N) is 1. The first-order chi connectivity index (χ1) is 9.89. The standard InChI is InChI=1S/C16H22F3NO/c1-11(20-14-9-3-2-4-10-15(14)21)12-7-5-6-8-13(12)16(17,18)19/h5-8,11,14-15,20-21H,2-4,9-10H2,1H3. The molecule has 0 amide bonds. The summed E-state index contributed by atoms with van der Waals surface area (Å²) >= 11 is 0. The van der Waals surface area contributed by atoms with E-state index in [-0.39, 0.29) is 11.6 Å². The smallest absolute Gasteiger partial charge is 0.392 e. The molecule has 1 aromatic rings. The van der Waals surface area contributed by atoms with E-state index in [0.717, 1.165) is 31.7 Å². The molecule has 3 atom stereocenters. The average molecular weight is 301 g/mol. The summed E-state index contributed by atoms with van der Waals surface area (Å²) < 4.78 is 39.2. The van der Waals surface area contributed by atoms with Crippen LogP contribution in [0.1, 0.15) is 56.2 Å². The molecule has 0 aliphatic heterocycles. The van der Waals surface area contributed by atoms with Crippen LogP contribution in [0.15, 0.2) is 24.3 Å². The number of halogens is 3. The number of alkyl halides is 3. The van der Waals surface area contributed by atoms with Crippen LogP contribution in [0.25, 0.3) is 0 Å². The average Bonchev–Trinajstić information content (AvgIpc) is 2.63. The maximum Gasteiger partial charge on any atom is 0.416 e. The molecule has 1 saturated carbocycles. The zero-order valence-electron chi connectivity index (χ0n) is 12.2. The molecule has 0 saturated heterocycles. The van der Waals surface area contributed by atoms with Crippen molar-refractivity contribution < 1.29 is 18.3 Å². The van der Waals surface area contributed by atoms with Crippen molar-refractivity contribution in [1.29, 1.82) is 0 Å². The van der Waals surface area contributed by atoms with Crippen molar-refractivity contribution in [2.75, 3.05) is 0 Å². The van der Waals surface area contributed by atoms with Gasteiger partial charge >= 0.3 is 6.18 Å². The third-order valence-corrected chi connectivity index (χ3v) is 4.18. The van der Waals surface area contributed by atoms with Gasteiger partial charge < -0.3 is 10.4 Å². The van der Waals surface area contributed by atoms with Crippen LogP contribution in [0.3, 0.4) is 0 Å². The Balaban J connectivity index is 2.14. The molecule has 3 unspecified atom stereocenters. The lowest BCUT2D eigenvalue weighted by molar-refractivity contribution is -0.138. The van der Waals surface area contributed by atoms with Crippen molar-refractivity contribution >= 4 is 0 Å². The third kappa shape index (κ3) is 4.20. The van der Waals surface area contributed by atoms with Gasteiger partial charge in [-0.05, 0) is 31.4 Å². The molecule has 1 fully saturated rings. The zero-order chi connectivity index (χ0) is 15.5. The summed E-state index contributed by atoms with van der Waals surface area (Å²) in [6.45, 7) is 1.72. The Hall–Kier alpha value is -1.07. The SMILES string of the molecule is CC(NC1CCCCCC1O)c1ccccc1C(F)(F)F. The fourth-order valence-corrected chi connectivity index (χ4v) is 3.03. The van der Waals surface area contributed by atoms with Gasteiger partial charge in [0.1, 0.15) is 0 Å². The predicted octanol–water partition coefficient (Wildman–Crippen LogP) is 4.05. The van der Waals surface area contributed by atoms with Gasteiger partial charge in [-0.3, -0.25) is 0 Å². The van der Waals surface area contributed by atoms with Gasteiger partial charge in [0.15, 0.2) is 0 Å². The van der Waals surface area contributed by atoms with Crippen molar-refractivity contribution in [2.45, 2.75) is 63.4 Å². The maximum atomic E-state index is 13.1. The highest BCUT2D eigenvalue weighted by atomic mass is 19.4. The van der Waals surface area contributed by atoms with Crippen LogP contribution in [-0.4, -0.2) is 17.3 Å². The summed E-state index contributed by atoms with van der Waals surface area (Å²) in [6, 6.07) is 5.05. The van der Waals surface area contributed by atoms with Crippen molar-refractivity contribution in [3.05, 3.63) is 35.4 Å². The number of hydrogen-bond acceptors (Lipinski definition) is 2. The van der Waals surface area contributed by atoms with E-state index in [1.54, 1.807) is 13.0 Å². The van der Waals surface area contributed by atoms with Crippen LogP contribution in [0, 0.1) is 0 Å². The van der Waals surface area contributed by atoms with Crippen molar-refractivity contribution in [3.8, 4) is 0 Å². The van der Waals surface area contributed by atoms with E-state index in [9.17, 15) is 18.3 Å². The summed E-state index contributed by atoms with van der Waals surface area (Å²) in [6.07, 6.45) is -0.259. The van der Waals surface area contributed by atoms with Gasteiger partial charge in [-0.15, -0.1) is 0 Å². The van der Waals surface area contributed by atoms with Gasteiger partial charge in [0.25, 0.3) is 0 Å². The van der Waals surface area contributed by atoms with Gasteiger partial charge in [-0.1, -0.05) is 37.5 Å². The second kappa shape index (κ2) is 6.79. The summed E-state index contributed by atoms with van der Waals surface area (Å²) in [5.41, 5.74) is -0.366. The monoisotopic (exact) mass is 301 g/mol. The second-order valence-corrected chi connectivity index (χ2v) is 5.79. The second-order valence-electron chi connectivity index (χ2n) is 5.79. The lowest BCUT2D eigenvalue weighted by Gasteiger charge is -2.27. The Kier molecular flexibility index (Phi) is 5.27. The predicted molar refractivity (Wildman–Crippen MR) is 75.9 cm³/mol. The van der Waals surface area contributed by atoms with Crippen molar-refractivity contribution in [2.24, 2.45) is 0 Å². The summed E-state index contributed by atoms with van der Waals surface area (Å²) in [5, 5.41) is 13.3. The molecule has 1 aromatic carbocycles. The van der Waals surface area contributed by atoms with E-state index in [1.165, 1.54) is 12.1 Å². The number of benzene rings is 1. The molecule has 0 aromatic heterocycles. The quantitative estimate of drug-likeness (QED) is 0.826. The van der Waals surface area contributed by atoms with Crippen LogP contribution in [0.5, 0.6) is 0 Å². The molecule has 0 spiro atoms. The molecule has 21 heavy (non-hydrogen) atoms. The topological polar surface area (TPSA) is 32.3 Å².